The third-order valence-electron chi connectivity index (χ3n) is 4.88. The molecule has 0 saturated carbocycles. The topological polar surface area (TPSA) is 88.9 Å². The number of rotatable bonds is 8. The van der Waals surface area contributed by atoms with Crippen LogP contribution >= 0.6 is 11.3 Å². The zero-order valence-electron chi connectivity index (χ0n) is 18.1. The van der Waals surface area contributed by atoms with Crippen molar-refractivity contribution in [2.45, 2.75) is 11.3 Å². The Morgan fingerprint density at radius 3 is 2.56 bits per heavy atom. The van der Waals surface area contributed by atoms with E-state index < -0.39 is 21.6 Å². The van der Waals surface area contributed by atoms with Gasteiger partial charge in [0.15, 0.2) is 9.84 Å². The molecule has 0 spiro atoms. The summed E-state index contributed by atoms with van der Waals surface area (Å²) in [6.07, 6.45) is 1.10. The Hall–Kier alpha value is -3.63. The maximum Gasteiger partial charge on any atom is 0.250 e. The van der Waals surface area contributed by atoms with Crippen LogP contribution in [0.1, 0.15) is 12.0 Å². The van der Waals surface area contributed by atoms with E-state index in [-0.39, 0.29) is 22.2 Å². The Morgan fingerprint density at radius 2 is 1.85 bits per heavy atom. The number of halogens is 1. The standard InChI is InChI=1S/C24H20FN3O4S2/c1-32-19-11-12-21-22(15-19)33-24(27-21)28(26-16-17-7-9-18(25)10-8-17)23(29)13-14-34(30,31)20-5-3-2-4-6-20/h2-12,15-16H,13-14H2,1H3/b26-16+. The Morgan fingerprint density at radius 1 is 1.12 bits per heavy atom. The first kappa shape index (κ1) is 23.5. The van der Waals surface area contributed by atoms with Gasteiger partial charge < -0.3 is 4.74 Å². The van der Waals surface area contributed by atoms with Crippen molar-refractivity contribution in [2.24, 2.45) is 5.10 Å². The molecule has 4 rings (SSSR count). The summed E-state index contributed by atoms with van der Waals surface area (Å²) in [5, 5.41) is 5.63. The van der Waals surface area contributed by atoms with E-state index >= 15 is 0 Å². The zero-order valence-corrected chi connectivity index (χ0v) is 19.7. The van der Waals surface area contributed by atoms with Crippen LogP contribution in [-0.2, 0) is 14.6 Å². The molecule has 0 unspecified atom stereocenters. The molecule has 0 aliphatic heterocycles. The van der Waals surface area contributed by atoms with Gasteiger partial charge in [0.05, 0.1) is 34.2 Å². The maximum atomic E-state index is 13.2. The fraction of sp³-hybridized carbons (Fsp3) is 0.125. The lowest BCUT2D eigenvalue weighted by molar-refractivity contribution is -0.118. The number of carbonyl (C=O) groups excluding carboxylic acids is 1. The second kappa shape index (κ2) is 10.1. The fourth-order valence-corrected chi connectivity index (χ4v) is 5.30. The number of hydrazone groups is 1. The van der Waals surface area contributed by atoms with E-state index in [0.29, 0.717) is 16.8 Å². The quantitative estimate of drug-likeness (QED) is 0.261. The van der Waals surface area contributed by atoms with Crippen molar-refractivity contribution in [1.82, 2.24) is 4.98 Å². The maximum absolute atomic E-state index is 13.2. The van der Waals surface area contributed by atoms with E-state index in [1.165, 1.54) is 53.9 Å². The smallest absolute Gasteiger partial charge is 0.250 e. The van der Waals surface area contributed by atoms with Crippen LogP contribution in [0.4, 0.5) is 9.52 Å². The lowest BCUT2D eigenvalue weighted by atomic mass is 10.2. The van der Waals surface area contributed by atoms with E-state index in [1.807, 2.05) is 0 Å². The number of hydrogen-bond donors (Lipinski definition) is 0. The SMILES string of the molecule is COc1ccc2nc(N(/N=C/c3ccc(F)cc3)C(=O)CCS(=O)(=O)c3ccccc3)sc2c1. The van der Waals surface area contributed by atoms with Gasteiger partial charge in [-0.15, -0.1) is 0 Å². The summed E-state index contributed by atoms with van der Waals surface area (Å²) in [6, 6.07) is 18.9. The van der Waals surface area contributed by atoms with Gasteiger partial charge in [0, 0.05) is 6.42 Å². The molecule has 1 aromatic heterocycles. The van der Waals surface area contributed by atoms with Gasteiger partial charge in [-0.25, -0.2) is 17.8 Å². The molecule has 7 nitrogen and oxygen atoms in total. The van der Waals surface area contributed by atoms with E-state index in [2.05, 4.69) is 10.1 Å². The Bertz CT molecular complexity index is 1440. The first-order valence-electron chi connectivity index (χ1n) is 10.2. The molecule has 34 heavy (non-hydrogen) atoms. The molecular weight excluding hydrogens is 477 g/mol. The minimum atomic E-state index is -3.65. The number of sulfone groups is 1. The van der Waals surface area contributed by atoms with E-state index in [4.69, 9.17) is 4.74 Å². The Labute approximate surface area is 200 Å². The highest BCUT2D eigenvalue weighted by Crippen LogP contribution is 2.32. The van der Waals surface area contributed by atoms with Gasteiger partial charge in [-0.2, -0.15) is 10.1 Å². The third-order valence-corrected chi connectivity index (χ3v) is 7.61. The highest BCUT2D eigenvalue weighted by Gasteiger charge is 2.23. The minimum Gasteiger partial charge on any atom is -0.497 e. The molecule has 10 heteroatoms. The highest BCUT2D eigenvalue weighted by molar-refractivity contribution is 7.91. The number of carbonyl (C=O) groups is 1. The molecule has 4 aromatic rings. The predicted octanol–water partition coefficient (Wildman–Crippen LogP) is 4.68. The van der Waals surface area contributed by atoms with Crippen LogP contribution in [0.5, 0.6) is 5.75 Å². The third kappa shape index (κ3) is 5.46. The number of nitrogens with zero attached hydrogens (tertiary/aromatic N) is 3. The van der Waals surface area contributed by atoms with Crippen LogP contribution in [0.3, 0.4) is 0 Å². The molecule has 0 saturated heterocycles. The predicted molar refractivity (Wildman–Crippen MR) is 131 cm³/mol. The molecule has 0 aliphatic carbocycles. The molecular formula is C24H20FN3O4S2. The van der Waals surface area contributed by atoms with Crippen LogP contribution in [-0.4, -0.2) is 38.4 Å². The molecule has 174 valence electrons. The van der Waals surface area contributed by atoms with E-state index in [1.54, 1.807) is 43.5 Å². The lowest BCUT2D eigenvalue weighted by Crippen LogP contribution is -2.27. The average Bonchev–Trinajstić information content (AvgIpc) is 3.27. The van der Waals surface area contributed by atoms with Gasteiger partial charge in [0.25, 0.3) is 5.91 Å². The molecule has 1 heterocycles. The summed E-state index contributed by atoms with van der Waals surface area (Å²) in [7, 11) is -2.10. The van der Waals surface area contributed by atoms with Crippen molar-refractivity contribution in [3.63, 3.8) is 0 Å². The van der Waals surface area contributed by atoms with Gasteiger partial charge in [-0.1, -0.05) is 41.7 Å². The number of hydrogen-bond acceptors (Lipinski definition) is 7. The minimum absolute atomic E-state index is 0.149. The van der Waals surface area contributed by atoms with Crippen molar-refractivity contribution in [3.05, 3.63) is 84.2 Å². The molecule has 1 amide bonds. The normalized spacial score (nSPS) is 11.7. The highest BCUT2D eigenvalue weighted by atomic mass is 32.2. The summed E-state index contributed by atoms with van der Waals surface area (Å²) < 4.78 is 44.5. The second-order valence-corrected chi connectivity index (χ2v) is 10.3. The summed E-state index contributed by atoms with van der Waals surface area (Å²) in [6.45, 7) is 0. The lowest BCUT2D eigenvalue weighted by Gasteiger charge is -2.14. The van der Waals surface area contributed by atoms with Crippen LogP contribution in [0.25, 0.3) is 10.2 Å². The molecule has 0 atom stereocenters. The van der Waals surface area contributed by atoms with Gasteiger partial charge in [-0.3, -0.25) is 4.79 Å². The van der Waals surface area contributed by atoms with Crippen LogP contribution in [0, 0.1) is 5.82 Å². The molecule has 0 bridgehead atoms. The Kier molecular flexibility index (Phi) is 6.99. The van der Waals surface area contributed by atoms with Gasteiger partial charge in [0.1, 0.15) is 11.6 Å². The molecule has 0 aliphatic rings. The van der Waals surface area contributed by atoms with Crippen LogP contribution < -0.4 is 9.75 Å². The monoisotopic (exact) mass is 497 g/mol. The van der Waals surface area contributed by atoms with Crippen molar-refractivity contribution < 1.29 is 22.3 Å². The fourth-order valence-electron chi connectivity index (χ4n) is 3.08. The Balaban J connectivity index is 1.63. The van der Waals surface area contributed by atoms with Gasteiger partial charge >= 0.3 is 0 Å². The number of anilines is 1. The zero-order chi connectivity index (χ0) is 24.1. The molecule has 3 aromatic carbocycles. The van der Waals surface area contributed by atoms with E-state index in [0.717, 1.165) is 9.71 Å². The number of methoxy groups -OCH3 is 1. The number of aromatic nitrogens is 1. The molecule has 0 fully saturated rings. The summed E-state index contributed by atoms with van der Waals surface area (Å²) in [4.78, 5) is 17.8. The van der Waals surface area contributed by atoms with Crippen LogP contribution in [0.2, 0.25) is 0 Å². The molecule has 0 N–H and O–H groups in total. The van der Waals surface area contributed by atoms with Crippen LogP contribution in [0.15, 0.2) is 82.8 Å². The van der Waals surface area contributed by atoms with Crippen molar-refractivity contribution in [3.8, 4) is 5.75 Å². The van der Waals surface area contributed by atoms with E-state index in [9.17, 15) is 17.6 Å². The number of thiazole rings is 1. The van der Waals surface area contributed by atoms with Gasteiger partial charge in [-0.05, 0) is 48.0 Å². The average molecular weight is 498 g/mol. The number of fused-ring (bicyclic) bond motifs is 1. The first-order chi connectivity index (χ1) is 16.4. The van der Waals surface area contributed by atoms with Gasteiger partial charge in [0.2, 0.25) is 5.13 Å². The van der Waals surface area contributed by atoms with Crippen molar-refractivity contribution in [2.75, 3.05) is 17.9 Å². The second-order valence-electron chi connectivity index (χ2n) is 7.21. The molecule has 0 radical (unpaired) electrons. The summed E-state index contributed by atoms with van der Waals surface area (Å²) in [5.41, 5.74) is 1.21. The number of ether oxygens (including phenoxy) is 1. The summed E-state index contributed by atoms with van der Waals surface area (Å²) in [5.74, 6) is -0.665. The summed E-state index contributed by atoms with van der Waals surface area (Å²) >= 11 is 1.22. The first-order valence-corrected chi connectivity index (χ1v) is 12.7. The van der Waals surface area contributed by atoms with Crippen molar-refractivity contribution in [1.29, 1.82) is 0 Å². The number of benzene rings is 3. The largest absolute Gasteiger partial charge is 0.497 e. The van der Waals surface area contributed by atoms with Crippen molar-refractivity contribution >= 4 is 48.6 Å². The number of amides is 1.